The van der Waals surface area contributed by atoms with Crippen molar-refractivity contribution in [1.82, 2.24) is 9.97 Å². The van der Waals surface area contributed by atoms with E-state index in [4.69, 9.17) is 0 Å². The van der Waals surface area contributed by atoms with Gasteiger partial charge in [-0.15, -0.1) is 6.58 Å². The summed E-state index contributed by atoms with van der Waals surface area (Å²) >= 11 is 0. The van der Waals surface area contributed by atoms with E-state index in [2.05, 4.69) is 28.4 Å². The van der Waals surface area contributed by atoms with Crippen molar-refractivity contribution in [3.8, 4) is 23.2 Å². The van der Waals surface area contributed by atoms with Crippen LogP contribution >= 0.6 is 0 Å². The Morgan fingerprint density at radius 3 is 2.42 bits per heavy atom. The Labute approximate surface area is 155 Å². The molecule has 0 saturated heterocycles. The molecule has 0 radical (unpaired) electrons. The molecular formula is C23H25FN2. The van der Waals surface area contributed by atoms with Crippen molar-refractivity contribution < 1.29 is 4.39 Å². The molecule has 1 saturated carbocycles. The third kappa shape index (κ3) is 5.26. The summed E-state index contributed by atoms with van der Waals surface area (Å²) in [6.45, 7) is 3.79. The minimum Gasteiger partial charge on any atom is -0.235 e. The first-order valence-corrected chi connectivity index (χ1v) is 9.45. The van der Waals surface area contributed by atoms with Gasteiger partial charge in [0.15, 0.2) is 5.82 Å². The monoisotopic (exact) mass is 348 g/mol. The van der Waals surface area contributed by atoms with Crippen molar-refractivity contribution in [1.29, 1.82) is 0 Å². The standard InChI is InChI=1S/C23H25FN2/c1-2-3-4-5-18-6-8-19(9-7-18)10-11-20-16-25-23(26-17-20)21-12-14-22(24)15-13-21/h2,12-19H,1,3-9H2. The third-order valence-electron chi connectivity index (χ3n) is 5.04. The minimum atomic E-state index is -0.258. The molecule has 0 aliphatic heterocycles. The molecule has 1 aliphatic carbocycles. The van der Waals surface area contributed by atoms with Gasteiger partial charge in [-0.3, -0.25) is 0 Å². The highest BCUT2D eigenvalue weighted by Gasteiger charge is 2.19. The lowest BCUT2D eigenvalue weighted by Crippen LogP contribution is -2.13. The molecule has 2 nitrogen and oxygen atoms in total. The Morgan fingerprint density at radius 2 is 1.77 bits per heavy atom. The minimum absolute atomic E-state index is 0.258. The van der Waals surface area contributed by atoms with Crippen molar-refractivity contribution in [2.45, 2.75) is 44.9 Å². The average Bonchev–Trinajstić information content (AvgIpc) is 2.69. The molecule has 1 aromatic carbocycles. The highest BCUT2D eigenvalue weighted by atomic mass is 19.1. The van der Waals surface area contributed by atoms with E-state index in [1.54, 1.807) is 24.5 Å². The zero-order valence-electron chi connectivity index (χ0n) is 15.1. The van der Waals surface area contributed by atoms with Crippen molar-refractivity contribution >= 4 is 0 Å². The summed E-state index contributed by atoms with van der Waals surface area (Å²) in [4.78, 5) is 8.70. The van der Waals surface area contributed by atoms with Gasteiger partial charge in [-0.2, -0.15) is 0 Å². The van der Waals surface area contributed by atoms with E-state index in [1.165, 1.54) is 50.7 Å². The summed E-state index contributed by atoms with van der Waals surface area (Å²) in [6.07, 6.45) is 14.2. The Morgan fingerprint density at radius 1 is 1.08 bits per heavy atom. The van der Waals surface area contributed by atoms with Gasteiger partial charge < -0.3 is 0 Å². The molecular weight excluding hydrogens is 323 g/mol. The quantitative estimate of drug-likeness (QED) is 0.388. The molecule has 1 aliphatic rings. The SMILES string of the molecule is C=CCCCC1CCC(C#Cc2cnc(-c3ccc(F)cc3)nc2)CC1. The summed E-state index contributed by atoms with van der Waals surface area (Å²) in [5, 5.41) is 0. The van der Waals surface area contributed by atoms with Crippen LogP contribution in [0.4, 0.5) is 4.39 Å². The van der Waals surface area contributed by atoms with Crippen molar-refractivity contribution in [2.24, 2.45) is 11.8 Å². The molecule has 26 heavy (non-hydrogen) atoms. The number of rotatable bonds is 5. The maximum absolute atomic E-state index is 13.0. The lowest BCUT2D eigenvalue weighted by molar-refractivity contribution is 0.297. The highest BCUT2D eigenvalue weighted by molar-refractivity contribution is 5.54. The van der Waals surface area contributed by atoms with Crippen LogP contribution in [0.5, 0.6) is 0 Å². The van der Waals surface area contributed by atoms with Crippen LogP contribution in [0.3, 0.4) is 0 Å². The molecule has 0 N–H and O–H groups in total. The van der Waals surface area contributed by atoms with E-state index in [0.717, 1.165) is 23.5 Å². The molecule has 2 aromatic rings. The fraction of sp³-hybridized carbons (Fsp3) is 0.391. The highest BCUT2D eigenvalue weighted by Crippen LogP contribution is 2.31. The van der Waals surface area contributed by atoms with Gasteiger partial charge in [-0.05, 0) is 68.7 Å². The van der Waals surface area contributed by atoms with Gasteiger partial charge in [0.1, 0.15) is 5.82 Å². The number of hydrogen-bond acceptors (Lipinski definition) is 2. The fourth-order valence-corrected chi connectivity index (χ4v) is 3.47. The number of benzene rings is 1. The van der Waals surface area contributed by atoms with Crippen LogP contribution in [-0.4, -0.2) is 9.97 Å². The predicted octanol–water partition coefficient (Wildman–Crippen LogP) is 5.80. The average molecular weight is 348 g/mol. The van der Waals surface area contributed by atoms with E-state index >= 15 is 0 Å². The molecule has 0 spiro atoms. The summed E-state index contributed by atoms with van der Waals surface area (Å²) in [5.41, 5.74) is 1.64. The second-order valence-electron chi connectivity index (χ2n) is 7.01. The van der Waals surface area contributed by atoms with Gasteiger partial charge in [-0.1, -0.05) is 24.3 Å². The van der Waals surface area contributed by atoms with Crippen LogP contribution < -0.4 is 0 Å². The van der Waals surface area contributed by atoms with Crippen LogP contribution in [0.1, 0.15) is 50.5 Å². The van der Waals surface area contributed by atoms with Crippen LogP contribution in [0.15, 0.2) is 49.3 Å². The second kappa shape index (κ2) is 9.29. The topological polar surface area (TPSA) is 25.8 Å². The van der Waals surface area contributed by atoms with Crippen LogP contribution in [0, 0.1) is 29.5 Å². The number of allylic oxidation sites excluding steroid dienone is 1. The van der Waals surface area contributed by atoms with Crippen LogP contribution in [0.25, 0.3) is 11.4 Å². The molecule has 0 bridgehead atoms. The smallest absolute Gasteiger partial charge is 0.159 e. The Balaban J connectivity index is 1.52. The molecule has 3 rings (SSSR count). The number of hydrogen-bond donors (Lipinski definition) is 0. The zero-order valence-corrected chi connectivity index (χ0v) is 15.1. The van der Waals surface area contributed by atoms with E-state index in [1.807, 2.05) is 6.08 Å². The predicted molar refractivity (Wildman–Crippen MR) is 104 cm³/mol. The molecule has 1 fully saturated rings. The molecule has 0 unspecified atom stereocenters. The van der Waals surface area contributed by atoms with E-state index in [-0.39, 0.29) is 5.82 Å². The Hall–Kier alpha value is -2.47. The van der Waals surface area contributed by atoms with Crippen molar-refractivity contribution in [3.63, 3.8) is 0 Å². The summed E-state index contributed by atoms with van der Waals surface area (Å²) < 4.78 is 13.0. The molecule has 1 aromatic heterocycles. The lowest BCUT2D eigenvalue weighted by Gasteiger charge is -2.25. The fourth-order valence-electron chi connectivity index (χ4n) is 3.47. The first-order chi connectivity index (χ1) is 12.7. The lowest BCUT2D eigenvalue weighted by atomic mass is 9.80. The third-order valence-corrected chi connectivity index (χ3v) is 5.04. The Kier molecular flexibility index (Phi) is 6.55. The van der Waals surface area contributed by atoms with Gasteiger partial charge in [0.05, 0.1) is 5.56 Å². The molecule has 1 heterocycles. The van der Waals surface area contributed by atoms with Crippen LogP contribution in [0.2, 0.25) is 0 Å². The van der Waals surface area contributed by atoms with E-state index < -0.39 is 0 Å². The number of nitrogens with zero attached hydrogens (tertiary/aromatic N) is 2. The number of unbranched alkanes of at least 4 members (excludes halogenated alkanes) is 1. The van der Waals surface area contributed by atoms with Crippen molar-refractivity contribution in [3.05, 3.63) is 60.7 Å². The Bertz CT molecular complexity index is 761. The first-order valence-electron chi connectivity index (χ1n) is 9.45. The normalized spacial score (nSPS) is 19.4. The van der Waals surface area contributed by atoms with E-state index in [0.29, 0.717) is 11.7 Å². The first kappa shape index (κ1) is 18.3. The summed E-state index contributed by atoms with van der Waals surface area (Å²) in [5.74, 6) is 8.31. The maximum Gasteiger partial charge on any atom is 0.159 e. The summed E-state index contributed by atoms with van der Waals surface area (Å²) in [6, 6.07) is 6.20. The van der Waals surface area contributed by atoms with Gasteiger partial charge in [-0.25, -0.2) is 14.4 Å². The molecule has 0 amide bonds. The van der Waals surface area contributed by atoms with E-state index in [9.17, 15) is 4.39 Å². The molecule has 134 valence electrons. The van der Waals surface area contributed by atoms with Gasteiger partial charge in [0.25, 0.3) is 0 Å². The zero-order chi connectivity index (χ0) is 18.2. The molecule has 3 heteroatoms. The molecule has 0 atom stereocenters. The maximum atomic E-state index is 13.0. The number of aromatic nitrogens is 2. The van der Waals surface area contributed by atoms with Gasteiger partial charge >= 0.3 is 0 Å². The second-order valence-corrected chi connectivity index (χ2v) is 7.01. The summed E-state index contributed by atoms with van der Waals surface area (Å²) in [7, 11) is 0. The van der Waals surface area contributed by atoms with Crippen LogP contribution in [-0.2, 0) is 0 Å². The van der Waals surface area contributed by atoms with Gasteiger partial charge in [0.2, 0.25) is 0 Å². The number of halogens is 1. The van der Waals surface area contributed by atoms with Crippen molar-refractivity contribution in [2.75, 3.05) is 0 Å². The largest absolute Gasteiger partial charge is 0.235 e. The van der Waals surface area contributed by atoms with Gasteiger partial charge in [0, 0.05) is 23.9 Å².